The molecule has 0 radical (unpaired) electrons. The van der Waals surface area contributed by atoms with Crippen LogP contribution in [0.4, 0.5) is 10.8 Å². The number of thioether (sulfide) groups is 1. The Morgan fingerprint density at radius 3 is 2.92 bits per heavy atom. The van der Waals surface area contributed by atoms with Crippen LogP contribution in [0.25, 0.3) is 0 Å². The number of rotatable bonds is 8. The third-order valence-corrected chi connectivity index (χ3v) is 5.26. The van der Waals surface area contributed by atoms with E-state index in [1.807, 2.05) is 32.0 Å². The number of aromatic nitrogens is 2. The van der Waals surface area contributed by atoms with E-state index in [0.29, 0.717) is 11.4 Å². The van der Waals surface area contributed by atoms with Gasteiger partial charge >= 0.3 is 0 Å². The van der Waals surface area contributed by atoms with Gasteiger partial charge < -0.3 is 15.4 Å². The molecule has 6 nitrogen and oxygen atoms in total. The molecule has 130 valence electrons. The molecular weight excluding hydrogens is 344 g/mol. The molecule has 0 saturated carbocycles. The van der Waals surface area contributed by atoms with Crippen molar-refractivity contribution in [3.8, 4) is 5.75 Å². The summed E-state index contributed by atoms with van der Waals surface area (Å²) in [6.45, 7) is 6.78. The lowest BCUT2D eigenvalue weighted by Crippen LogP contribution is -2.22. The molecule has 1 heterocycles. The van der Waals surface area contributed by atoms with Gasteiger partial charge in [-0.05, 0) is 38.0 Å². The molecule has 2 aromatic rings. The van der Waals surface area contributed by atoms with Crippen molar-refractivity contribution < 1.29 is 9.53 Å². The largest absolute Gasteiger partial charge is 0.495 e. The summed E-state index contributed by atoms with van der Waals surface area (Å²) in [5.41, 5.74) is 1.74. The number of anilines is 2. The zero-order valence-corrected chi connectivity index (χ0v) is 15.9. The fraction of sp³-hybridized carbons (Fsp3) is 0.438. The van der Waals surface area contributed by atoms with Gasteiger partial charge in [0.1, 0.15) is 5.75 Å². The average molecular weight is 367 g/mol. The summed E-state index contributed by atoms with van der Waals surface area (Å²) in [5, 5.41) is 14.8. The van der Waals surface area contributed by atoms with E-state index in [4.69, 9.17) is 4.74 Å². The first kappa shape index (κ1) is 18.5. The summed E-state index contributed by atoms with van der Waals surface area (Å²) < 4.78 is 6.06. The minimum Gasteiger partial charge on any atom is -0.495 e. The molecule has 0 aliphatic heterocycles. The highest BCUT2D eigenvalue weighted by atomic mass is 32.2. The molecule has 1 aromatic heterocycles. The maximum atomic E-state index is 12.4. The zero-order chi connectivity index (χ0) is 17.5. The normalized spacial score (nSPS) is 11.8. The Hall–Kier alpha value is -1.80. The third-order valence-electron chi connectivity index (χ3n) is 3.19. The number of hydrogen-bond donors (Lipinski definition) is 2. The second kappa shape index (κ2) is 8.89. The molecule has 8 heteroatoms. The Morgan fingerprint density at radius 1 is 1.42 bits per heavy atom. The van der Waals surface area contributed by atoms with Crippen LogP contribution in [0.5, 0.6) is 5.75 Å². The molecule has 1 atom stereocenters. The Balaban J connectivity index is 1.97. The van der Waals surface area contributed by atoms with Gasteiger partial charge in [-0.3, -0.25) is 4.79 Å². The summed E-state index contributed by atoms with van der Waals surface area (Å²) >= 11 is 2.85. The fourth-order valence-electron chi connectivity index (χ4n) is 1.92. The van der Waals surface area contributed by atoms with E-state index in [-0.39, 0.29) is 11.2 Å². The van der Waals surface area contributed by atoms with Crippen LogP contribution in [0.15, 0.2) is 22.5 Å². The monoisotopic (exact) mass is 366 g/mol. The summed E-state index contributed by atoms with van der Waals surface area (Å²) in [5.74, 6) is 0.551. The molecule has 0 spiro atoms. The highest BCUT2D eigenvalue weighted by molar-refractivity contribution is 8.02. The van der Waals surface area contributed by atoms with Crippen LogP contribution in [-0.2, 0) is 4.79 Å². The number of amides is 1. The highest BCUT2D eigenvalue weighted by Crippen LogP contribution is 2.31. The summed E-state index contributed by atoms with van der Waals surface area (Å²) in [7, 11) is 1.59. The lowest BCUT2D eigenvalue weighted by Gasteiger charge is -2.13. The number of carbonyl (C=O) groups excluding carboxylic acids is 1. The number of aryl methyl sites for hydroxylation is 1. The smallest absolute Gasteiger partial charge is 0.237 e. The van der Waals surface area contributed by atoms with Gasteiger partial charge in [0.15, 0.2) is 4.34 Å². The summed E-state index contributed by atoms with van der Waals surface area (Å²) in [6, 6.07) is 5.68. The predicted octanol–water partition coefficient (Wildman–Crippen LogP) is 3.80. The maximum Gasteiger partial charge on any atom is 0.237 e. The number of nitrogens with zero attached hydrogens (tertiary/aromatic N) is 2. The SMILES string of the molecule is CCCNc1nnc(S[C@H](C)C(=O)Nc2cc(C)ccc2OC)s1. The first-order chi connectivity index (χ1) is 11.5. The molecule has 0 unspecified atom stereocenters. The van der Waals surface area contributed by atoms with Crippen LogP contribution in [0.1, 0.15) is 25.8 Å². The quantitative estimate of drug-likeness (QED) is 0.692. The summed E-state index contributed by atoms with van der Waals surface area (Å²) in [6.07, 6.45) is 1.03. The van der Waals surface area contributed by atoms with Crippen LogP contribution in [-0.4, -0.2) is 35.0 Å². The predicted molar refractivity (Wildman–Crippen MR) is 100 cm³/mol. The zero-order valence-electron chi connectivity index (χ0n) is 14.3. The molecule has 1 amide bonds. The van der Waals surface area contributed by atoms with Gasteiger partial charge in [-0.1, -0.05) is 36.1 Å². The van der Waals surface area contributed by atoms with Gasteiger partial charge in [-0.2, -0.15) is 0 Å². The Labute approximate surface area is 150 Å². The Bertz CT molecular complexity index is 690. The van der Waals surface area contributed by atoms with Crippen molar-refractivity contribution in [3.05, 3.63) is 23.8 Å². The van der Waals surface area contributed by atoms with Gasteiger partial charge in [0.05, 0.1) is 18.0 Å². The standard InChI is InChI=1S/C16H22N4O2S2/c1-5-8-17-15-19-20-16(24-15)23-11(3)14(21)18-12-9-10(2)6-7-13(12)22-4/h6-7,9,11H,5,8H2,1-4H3,(H,17,19)(H,18,21)/t11-/m1/s1. The molecular formula is C16H22N4O2S2. The molecule has 2 rings (SSSR count). The third kappa shape index (κ3) is 5.10. The van der Waals surface area contributed by atoms with Crippen molar-refractivity contribution in [1.29, 1.82) is 0 Å². The van der Waals surface area contributed by atoms with Crippen molar-refractivity contribution in [3.63, 3.8) is 0 Å². The van der Waals surface area contributed by atoms with E-state index in [2.05, 4.69) is 27.8 Å². The van der Waals surface area contributed by atoms with Crippen LogP contribution in [0, 0.1) is 6.92 Å². The summed E-state index contributed by atoms with van der Waals surface area (Å²) in [4.78, 5) is 12.4. The van der Waals surface area contributed by atoms with Gasteiger partial charge in [0.25, 0.3) is 0 Å². The number of benzene rings is 1. The van der Waals surface area contributed by atoms with Crippen molar-refractivity contribution in [2.75, 3.05) is 24.3 Å². The first-order valence-electron chi connectivity index (χ1n) is 7.73. The molecule has 0 aliphatic carbocycles. The molecule has 0 bridgehead atoms. The molecule has 0 saturated heterocycles. The number of carbonyl (C=O) groups is 1. The molecule has 1 aromatic carbocycles. The Kier molecular flexibility index (Phi) is 6.86. The maximum absolute atomic E-state index is 12.4. The molecule has 0 aliphatic rings. The minimum atomic E-state index is -0.290. The molecule has 2 N–H and O–H groups in total. The van der Waals surface area contributed by atoms with E-state index in [1.54, 1.807) is 7.11 Å². The average Bonchev–Trinajstić information content (AvgIpc) is 3.00. The van der Waals surface area contributed by atoms with E-state index >= 15 is 0 Å². The molecule has 0 fully saturated rings. The first-order valence-corrected chi connectivity index (χ1v) is 9.42. The fourth-order valence-corrected chi connectivity index (χ4v) is 3.84. The minimum absolute atomic E-state index is 0.0952. The second-order valence-electron chi connectivity index (χ2n) is 5.25. The van der Waals surface area contributed by atoms with Gasteiger partial charge in [-0.25, -0.2) is 0 Å². The lowest BCUT2D eigenvalue weighted by molar-refractivity contribution is -0.115. The van der Waals surface area contributed by atoms with Crippen LogP contribution < -0.4 is 15.4 Å². The van der Waals surface area contributed by atoms with Crippen molar-refractivity contribution in [2.45, 2.75) is 36.8 Å². The topological polar surface area (TPSA) is 76.1 Å². The van der Waals surface area contributed by atoms with Crippen LogP contribution in [0.2, 0.25) is 0 Å². The van der Waals surface area contributed by atoms with Gasteiger partial charge in [-0.15, -0.1) is 10.2 Å². The van der Waals surface area contributed by atoms with E-state index in [1.165, 1.54) is 23.1 Å². The van der Waals surface area contributed by atoms with Crippen molar-refractivity contribution >= 4 is 39.8 Å². The number of ether oxygens (including phenoxy) is 1. The highest BCUT2D eigenvalue weighted by Gasteiger charge is 2.18. The molecule has 24 heavy (non-hydrogen) atoms. The second-order valence-corrected chi connectivity index (χ2v) is 7.82. The van der Waals surface area contributed by atoms with Crippen molar-refractivity contribution in [2.24, 2.45) is 0 Å². The number of hydrogen-bond acceptors (Lipinski definition) is 7. The number of methoxy groups -OCH3 is 1. The lowest BCUT2D eigenvalue weighted by atomic mass is 10.2. The van der Waals surface area contributed by atoms with Crippen LogP contribution in [0.3, 0.4) is 0 Å². The van der Waals surface area contributed by atoms with Crippen molar-refractivity contribution in [1.82, 2.24) is 10.2 Å². The van der Waals surface area contributed by atoms with E-state index in [0.717, 1.165) is 28.0 Å². The number of nitrogens with one attached hydrogen (secondary N) is 2. The van der Waals surface area contributed by atoms with Gasteiger partial charge in [0.2, 0.25) is 11.0 Å². The van der Waals surface area contributed by atoms with E-state index < -0.39 is 0 Å². The van der Waals surface area contributed by atoms with Crippen LogP contribution >= 0.6 is 23.1 Å². The van der Waals surface area contributed by atoms with E-state index in [9.17, 15) is 4.79 Å². The Morgan fingerprint density at radius 2 is 2.21 bits per heavy atom. The van der Waals surface area contributed by atoms with Gasteiger partial charge in [0, 0.05) is 6.54 Å².